The van der Waals surface area contributed by atoms with Crippen LogP contribution < -0.4 is 73.6 Å². The van der Waals surface area contributed by atoms with Crippen LogP contribution in [0.3, 0.4) is 0 Å². The zero-order chi connectivity index (χ0) is 15.4. The first-order valence-electron chi connectivity index (χ1n) is 7.68. The minimum atomic E-state index is 0. The van der Waals surface area contributed by atoms with Gasteiger partial charge in [-0.15, -0.1) is 5.92 Å². The van der Waals surface area contributed by atoms with Crippen molar-refractivity contribution in [1.82, 2.24) is 0 Å². The molecule has 0 saturated carbocycles. The molecule has 2 nitrogen and oxygen atoms in total. The maximum absolute atomic E-state index is 6.06. The molecule has 2 aromatic carbocycles. The van der Waals surface area contributed by atoms with Gasteiger partial charge in [0, 0.05) is 4.90 Å². The fourth-order valence-electron chi connectivity index (χ4n) is 2.48. The summed E-state index contributed by atoms with van der Waals surface area (Å²) in [4.78, 5) is 1.19. The quantitative estimate of drug-likeness (QED) is 0.658. The van der Waals surface area contributed by atoms with Crippen molar-refractivity contribution in [2.45, 2.75) is 36.7 Å². The van der Waals surface area contributed by atoms with Gasteiger partial charge in [-0.3, -0.25) is 0 Å². The molecule has 1 heterocycles. The van der Waals surface area contributed by atoms with Gasteiger partial charge < -0.3 is 9.47 Å². The Bertz CT molecular complexity index is 605. The van der Waals surface area contributed by atoms with Gasteiger partial charge in [0.15, 0.2) is 0 Å². The standard InChI is InChI=1S/C19H21O2S.Cs/c1-14-11-19(20-13-14)22-18-10-6-9-17(12-18)21-15(2)16-7-4-3-5-8-16;/h3-10,12-15,19H,11H2,1-2H3;/q-1;+1/t14-,15?,19?;/m1./s1. The second-order valence-electron chi connectivity index (χ2n) is 5.68. The molecule has 2 aromatic rings. The first-order chi connectivity index (χ1) is 10.7. The number of rotatable bonds is 5. The fourth-order valence-corrected chi connectivity index (χ4v) is 3.65. The van der Waals surface area contributed by atoms with E-state index in [1.807, 2.05) is 36.9 Å². The first kappa shape index (κ1) is 19.9. The van der Waals surface area contributed by atoms with Crippen molar-refractivity contribution in [3.05, 3.63) is 66.8 Å². The Morgan fingerprint density at radius 3 is 2.65 bits per heavy atom. The van der Waals surface area contributed by atoms with Crippen LogP contribution >= 0.6 is 11.8 Å². The summed E-state index contributed by atoms with van der Waals surface area (Å²) in [7, 11) is 0. The van der Waals surface area contributed by atoms with Gasteiger partial charge in [0.1, 0.15) is 11.9 Å². The zero-order valence-electron chi connectivity index (χ0n) is 13.9. The topological polar surface area (TPSA) is 18.5 Å². The Morgan fingerprint density at radius 1 is 1.17 bits per heavy atom. The summed E-state index contributed by atoms with van der Waals surface area (Å²) >= 11 is 1.76. The minimum absolute atomic E-state index is 0. The molecule has 1 aliphatic heterocycles. The average Bonchev–Trinajstić information content (AvgIpc) is 2.93. The van der Waals surface area contributed by atoms with Crippen molar-refractivity contribution in [3.8, 4) is 5.75 Å². The number of benzene rings is 2. The average molecular weight is 446 g/mol. The van der Waals surface area contributed by atoms with Crippen LogP contribution in [-0.2, 0) is 4.74 Å². The van der Waals surface area contributed by atoms with Crippen LogP contribution in [0.1, 0.15) is 31.9 Å². The normalized spacial score (nSPS) is 21.5. The summed E-state index contributed by atoms with van der Waals surface area (Å²) < 4.78 is 11.7. The molecule has 0 N–H and O–H groups in total. The monoisotopic (exact) mass is 446 g/mol. The van der Waals surface area contributed by atoms with Gasteiger partial charge in [0.2, 0.25) is 0 Å². The number of hydrogen-bond donors (Lipinski definition) is 0. The van der Waals surface area contributed by atoms with E-state index in [2.05, 4.69) is 38.1 Å². The molecule has 0 amide bonds. The maximum Gasteiger partial charge on any atom is 1.00 e. The molecule has 0 radical (unpaired) electrons. The molecule has 116 valence electrons. The SMILES string of the molecule is CC(Oc1cccc(SC2C[C@@H](C)[CH-]O2)c1)c1ccccc1.[Cs+]. The molecule has 3 rings (SSSR count). The Morgan fingerprint density at radius 2 is 1.96 bits per heavy atom. The molecule has 0 aliphatic carbocycles. The number of hydrogen-bond acceptors (Lipinski definition) is 3. The molecule has 23 heavy (non-hydrogen) atoms. The van der Waals surface area contributed by atoms with E-state index in [9.17, 15) is 0 Å². The van der Waals surface area contributed by atoms with Crippen LogP contribution in [0, 0.1) is 12.5 Å². The van der Waals surface area contributed by atoms with Gasteiger partial charge in [-0.05, 0) is 37.1 Å². The van der Waals surface area contributed by atoms with Crippen LogP contribution in [0.25, 0.3) is 0 Å². The summed E-state index contributed by atoms with van der Waals surface area (Å²) in [5.74, 6) is 1.44. The maximum atomic E-state index is 6.06. The molecule has 4 heteroatoms. The van der Waals surface area contributed by atoms with Gasteiger partial charge in [0.25, 0.3) is 0 Å². The van der Waals surface area contributed by atoms with Gasteiger partial charge in [-0.25, -0.2) is 6.61 Å². The molecule has 1 saturated heterocycles. The van der Waals surface area contributed by atoms with E-state index < -0.39 is 0 Å². The van der Waals surface area contributed by atoms with Gasteiger partial charge in [0.05, 0.1) is 5.44 Å². The summed E-state index contributed by atoms with van der Waals surface area (Å²) in [5, 5.41) is 0. The molecular formula is C19H21CsO2S. The van der Waals surface area contributed by atoms with Crippen molar-refractivity contribution >= 4 is 11.8 Å². The minimum Gasteiger partial charge on any atom is -0.542 e. The second kappa shape index (κ2) is 9.92. The molecule has 0 spiro atoms. The fraction of sp³-hybridized carbons (Fsp3) is 0.316. The van der Waals surface area contributed by atoms with Crippen LogP contribution in [-0.4, -0.2) is 5.44 Å². The second-order valence-corrected chi connectivity index (χ2v) is 6.91. The van der Waals surface area contributed by atoms with E-state index in [-0.39, 0.29) is 80.4 Å². The molecular weight excluding hydrogens is 425 g/mol. The van der Waals surface area contributed by atoms with Gasteiger partial charge in [-0.2, -0.15) is 0 Å². The number of ether oxygens (including phenoxy) is 2. The third-order valence-electron chi connectivity index (χ3n) is 3.68. The van der Waals surface area contributed by atoms with Crippen LogP contribution in [0.2, 0.25) is 0 Å². The molecule has 2 unspecified atom stereocenters. The summed E-state index contributed by atoms with van der Waals surface area (Å²) in [5.41, 5.74) is 1.40. The summed E-state index contributed by atoms with van der Waals surface area (Å²) in [6.45, 7) is 6.20. The molecule has 1 aliphatic rings. The van der Waals surface area contributed by atoms with Crippen molar-refractivity contribution in [3.63, 3.8) is 0 Å². The van der Waals surface area contributed by atoms with Crippen molar-refractivity contribution in [2.75, 3.05) is 0 Å². The van der Waals surface area contributed by atoms with Gasteiger partial charge >= 0.3 is 68.9 Å². The van der Waals surface area contributed by atoms with E-state index in [1.54, 1.807) is 11.8 Å². The van der Waals surface area contributed by atoms with E-state index in [0.717, 1.165) is 12.2 Å². The van der Waals surface area contributed by atoms with Crippen LogP contribution in [0.15, 0.2) is 59.5 Å². The Hall–Kier alpha value is 0.602. The molecule has 3 atom stereocenters. The third-order valence-corrected chi connectivity index (χ3v) is 4.77. The number of thioether (sulfide) groups is 1. The van der Waals surface area contributed by atoms with Crippen molar-refractivity contribution in [2.24, 2.45) is 5.92 Å². The van der Waals surface area contributed by atoms with E-state index in [1.165, 1.54) is 10.5 Å². The molecule has 0 aromatic heterocycles. The van der Waals surface area contributed by atoms with Gasteiger partial charge in [-0.1, -0.05) is 55.1 Å². The Balaban J connectivity index is 0.00000192. The Labute approximate surface area is 202 Å². The van der Waals surface area contributed by atoms with Crippen molar-refractivity contribution < 1.29 is 78.4 Å². The van der Waals surface area contributed by atoms with E-state index >= 15 is 0 Å². The predicted molar refractivity (Wildman–Crippen MR) is 90.7 cm³/mol. The van der Waals surface area contributed by atoms with Crippen molar-refractivity contribution in [1.29, 1.82) is 0 Å². The summed E-state index contributed by atoms with van der Waals surface area (Å²) in [6, 6.07) is 18.5. The smallest absolute Gasteiger partial charge is 0.542 e. The van der Waals surface area contributed by atoms with Crippen LogP contribution in [0.5, 0.6) is 5.75 Å². The summed E-state index contributed by atoms with van der Waals surface area (Å²) in [6.07, 6.45) is 1.11. The van der Waals surface area contributed by atoms with E-state index in [0.29, 0.717) is 5.92 Å². The third kappa shape index (κ3) is 6.12. The zero-order valence-corrected chi connectivity index (χ0v) is 21.0. The first-order valence-corrected chi connectivity index (χ1v) is 8.56. The largest absolute Gasteiger partial charge is 1.00 e. The Kier molecular flexibility index (Phi) is 8.59. The predicted octanol–water partition coefficient (Wildman–Crippen LogP) is 2.47. The molecule has 0 bridgehead atoms. The van der Waals surface area contributed by atoms with Crippen LogP contribution in [0.4, 0.5) is 0 Å². The van der Waals surface area contributed by atoms with E-state index in [4.69, 9.17) is 9.47 Å². The molecule has 1 fully saturated rings.